The molecule has 4 heterocycles. The number of para-hydroxylation sites is 1. The molecule has 0 aromatic heterocycles. The molecule has 136 valence electrons. The molecule has 0 N–H and O–H groups in total. The van der Waals surface area contributed by atoms with Gasteiger partial charge in [-0.05, 0) is 43.5 Å². The summed E-state index contributed by atoms with van der Waals surface area (Å²) in [5.74, 6) is 2.50. The van der Waals surface area contributed by atoms with E-state index in [9.17, 15) is 0 Å². The normalized spacial score (nSPS) is 33.2. The summed E-state index contributed by atoms with van der Waals surface area (Å²) < 4.78 is 5.63. The van der Waals surface area contributed by atoms with Crippen LogP contribution in [0, 0.1) is 5.92 Å². The Morgan fingerprint density at radius 3 is 2.42 bits per heavy atom. The predicted molar refractivity (Wildman–Crippen MR) is 104 cm³/mol. The number of fused-ring (bicyclic) bond motifs is 2. The third-order valence-electron chi connectivity index (χ3n) is 6.89. The lowest BCUT2D eigenvalue weighted by atomic mass is 9.75. The number of methoxy groups -OCH3 is 1. The zero-order valence-electron chi connectivity index (χ0n) is 15.6. The lowest BCUT2D eigenvalue weighted by Crippen LogP contribution is -2.59. The molecule has 3 nitrogen and oxygen atoms in total. The second kappa shape index (κ2) is 6.71. The number of hydrogen-bond donors (Lipinski definition) is 0. The number of nitrogens with zero attached hydrogens (tertiary/aromatic N) is 2. The predicted octanol–water partition coefficient (Wildman–Crippen LogP) is 3.76. The van der Waals surface area contributed by atoms with Gasteiger partial charge in [-0.2, -0.15) is 0 Å². The van der Waals surface area contributed by atoms with Crippen molar-refractivity contribution < 1.29 is 4.74 Å². The van der Waals surface area contributed by atoms with Crippen LogP contribution in [0.25, 0.3) is 0 Å². The maximum Gasteiger partial charge on any atom is 0.123 e. The molecule has 0 radical (unpaired) electrons. The number of ether oxygens (including phenoxy) is 1. The fraction of sp³-hybridized carbons (Fsp3) is 0.478. The highest BCUT2D eigenvalue weighted by atomic mass is 16.5. The molecule has 4 fully saturated rings. The molecule has 4 aliphatic heterocycles. The van der Waals surface area contributed by atoms with Crippen molar-refractivity contribution in [1.82, 2.24) is 9.80 Å². The smallest absolute Gasteiger partial charge is 0.123 e. The van der Waals surface area contributed by atoms with E-state index in [1.807, 2.05) is 0 Å². The molecule has 2 bridgehead atoms. The van der Waals surface area contributed by atoms with E-state index in [0.29, 0.717) is 18.0 Å². The van der Waals surface area contributed by atoms with Crippen LogP contribution in [-0.2, 0) is 6.54 Å². The van der Waals surface area contributed by atoms with E-state index in [1.165, 1.54) is 37.1 Å². The van der Waals surface area contributed by atoms with Crippen LogP contribution < -0.4 is 4.74 Å². The third kappa shape index (κ3) is 2.65. The largest absolute Gasteiger partial charge is 0.496 e. The third-order valence-corrected chi connectivity index (χ3v) is 6.89. The van der Waals surface area contributed by atoms with Gasteiger partial charge in [-0.1, -0.05) is 48.5 Å². The molecule has 2 aromatic rings. The Bertz CT molecular complexity index is 754. The number of hydrogen-bond acceptors (Lipinski definition) is 3. The highest BCUT2D eigenvalue weighted by Crippen LogP contribution is 2.47. The van der Waals surface area contributed by atoms with Gasteiger partial charge < -0.3 is 4.74 Å². The molecule has 6 rings (SSSR count). The van der Waals surface area contributed by atoms with Crippen molar-refractivity contribution in [2.75, 3.05) is 26.7 Å². The van der Waals surface area contributed by atoms with E-state index in [0.717, 1.165) is 24.8 Å². The van der Waals surface area contributed by atoms with E-state index in [1.54, 1.807) is 7.11 Å². The summed E-state index contributed by atoms with van der Waals surface area (Å²) in [6.45, 7) is 4.73. The van der Waals surface area contributed by atoms with Crippen LogP contribution >= 0.6 is 0 Å². The van der Waals surface area contributed by atoms with Crippen molar-refractivity contribution >= 4 is 0 Å². The van der Waals surface area contributed by atoms with Gasteiger partial charge >= 0.3 is 0 Å². The first-order valence-electron chi connectivity index (χ1n) is 10.00. The van der Waals surface area contributed by atoms with E-state index < -0.39 is 0 Å². The van der Waals surface area contributed by atoms with Crippen LogP contribution in [0.15, 0.2) is 54.6 Å². The van der Waals surface area contributed by atoms with Gasteiger partial charge in [-0.15, -0.1) is 0 Å². The van der Waals surface area contributed by atoms with Gasteiger partial charge in [0.05, 0.1) is 7.11 Å². The quantitative estimate of drug-likeness (QED) is 0.837. The highest BCUT2D eigenvalue weighted by Gasteiger charge is 2.53. The second-order valence-corrected chi connectivity index (χ2v) is 8.11. The summed E-state index contributed by atoms with van der Waals surface area (Å²) in [5, 5.41) is 0. The van der Waals surface area contributed by atoms with Crippen molar-refractivity contribution in [2.24, 2.45) is 5.92 Å². The molecule has 0 aliphatic carbocycles. The first-order chi connectivity index (χ1) is 12.8. The van der Waals surface area contributed by atoms with Crippen molar-refractivity contribution in [3.05, 3.63) is 65.7 Å². The molecule has 26 heavy (non-hydrogen) atoms. The van der Waals surface area contributed by atoms with E-state index in [-0.39, 0.29) is 0 Å². The number of benzene rings is 2. The molecule has 4 aliphatic rings. The summed E-state index contributed by atoms with van der Waals surface area (Å²) >= 11 is 0. The number of rotatable bonds is 4. The standard InChI is InChI=1S/C23H28N2O/c1-26-21-10-6-5-9-19(21)15-25-16-20(17-7-3-2-4-8-17)23-22(25)18-11-13-24(23)14-12-18/h2-10,18,20,22-23H,11-16H2,1H3/t20-,22-,23-/m0/s1. The minimum atomic E-state index is 0.624. The van der Waals surface area contributed by atoms with Crippen molar-refractivity contribution in [1.29, 1.82) is 0 Å². The SMILES string of the molecule is COc1ccccc1CN1C[C@@H](c2ccccc2)[C@H]2[C@@H]1C1CCN2CC1. The van der Waals surface area contributed by atoms with Gasteiger partial charge in [0.1, 0.15) is 5.75 Å². The van der Waals surface area contributed by atoms with Crippen LogP contribution in [0.3, 0.4) is 0 Å². The van der Waals surface area contributed by atoms with Gasteiger partial charge in [0.15, 0.2) is 0 Å². The van der Waals surface area contributed by atoms with E-state index in [2.05, 4.69) is 64.4 Å². The van der Waals surface area contributed by atoms with Crippen molar-refractivity contribution in [2.45, 2.75) is 37.4 Å². The average molecular weight is 348 g/mol. The summed E-state index contributed by atoms with van der Waals surface area (Å²) in [7, 11) is 1.78. The first-order valence-corrected chi connectivity index (χ1v) is 10.00. The molecular formula is C23H28N2O. The summed E-state index contributed by atoms with van der Waals surface area (Å²) in [4.78, 5) is 5.54. The molecular weight excluding hydrogens is 320 g/mol. The highest BCUT2D eigenvalue weighted by molar-refractivity contribution is 5.34. The maximum atomic E-state index is 5.63. The summed E-state index contributed by atoms with van der Waals surface area (Å²) in [6, 6.07) is 21.1. The van der Waals surface area contributed by atoms with Crippen LogP contribution in [-0.4, -0.2) is 48.6 Å². The van der Waals surface area contributed by atoms with Crippen LogP contribution in [0.4, 0.5) is 0 Å². The van der Waals surface area contributed by atoms with E-state index in [4.69, 9.17) is 4.74 Å². The molecule has 0 spiro atoms. The van der Waals surface area contributed by atoms with E-state index >= 15 is 0 Å². The van der Waals surface area contributed by atoms with Gasteiger partial charge in [0.25, 0.3) is 0 Å². The van der Waals surface area contributed by atoms with Gasteiger partial charge in [0, 0.05) is 36.7 Å². The minimum Gasteiger partial charge on any atom is -0.496 e. The Morgan fingerprint density at radius 2 is 1.65 bits per heavy atom. The van der Waals surface area contributed by atoms with Gasteiger partial charge in [-0.25, -0.2) is 0 Å². The van der Waals surface area contributed by atoms with Crippen LogP contribution in [0.5, 0.6) is 5.75 Å². The Hall–Kier alpha value is -1.84. The van der Waals surface area contributed by atoms with Gasteiger partial charge in [0.2, 0.25) is 0 Å². The number of piperidine rings is 3. The lowest BCUT2D eigenvalue weighted by Gasteiger charge is -2.51. The number of likely N-dealkylation sites (tertiary alicyclic amines) is 1. The molecule has 0 amide bonds. The van der Waals surface area contributed by atoms with Crippen LogP contribution in [0.2, 0.25) is 0 Å². The Labute approximate surface area is 156 Å². The van der Waals surface area contributed by atoms with Crippen LogP contribution in [0.1, 0.15) is 29.9 Å². The molecule has 3 heteroatoms. The molecule has 0 saturated carbocycles. The molecule has 3 atom stereocenters. The lowest BCUT2D eigenvalue weighted by molar-refractivity contribution is -0.00883. The summed E-state index contributed by atoms with van der Waals surface area (Å²) in [6.07, 6.45) is 2.73. The zero-order chi connectivity index (χ0) is 17.5. The Balaban J connectivity index is 1.48. The minimum absolute atomic E-state index is 0.624. The Morgan fingerprint density at radius 1 is 0.923 bits per heavy atom. The van der Waals surface area contributed by atoms with Crippen molar-refractivity contribution in [3.8, 4) is 5.75 Å². The first kappa shape index (κ1) is 16.3. The molecule has 0 unspecified atom stereocenters. The average Bonchev–Trinajstić information content (AvgIpc) is 3.12. The maximum absolute atomic E-state index is 5.63. The fourth-order valence-corrected chi connectivity index (χ4v) is 5.77. The topological polar surface area (TPSA) is 15.7 Å². The summed E-state index contributed by atoms with van der Waals surface area (Å²) in [5.41, 5.74) is 2.83. The Kier molecular flexibility index (Phi) is 4.22. The van der Waals surface area contributed by atoms with Gasteiger partial charge in [-0.3, -0.25) is 9.80 Å². The zero-order valence-corrected chi connectivity index (χ0v) is 15.6. The van der Waals surface area contributed by atoms with Crippen molar-refractivity contribution in [3.63, 3.8) is 0 Å². The fourth-order valence-electron chi connectivity index (χ4n) is 5.77. The monoisotopic (exact) mass is 348 g/mol. The molecule has 2 aromatic carbocycles. The second-order valence-electron chi connectivity index (χ2n) is 8.11. The molecule has 4 saturated heterocycles.